The lowest BCUT2D eigenvalue weighted by molar-refractivity contribution is 0.102. The number of aryl methyl sites for hydroxylation is 2. The van der Waals surface area contributed by atoms with E-state index in [4.69, 9.17) is 13.9 Å². The Kier molecular flexibility index (Phi) is 7.20. The molecule has 0 amide bonds. The van der Waals surface area contributed by atoms with Gasteiger partial charge in [0.2, 0.25) is 5.89 Å². The van der Waals surface area contributed by atoms with Crippen LogP contribution in [0.1, 0.15) is 26.6 Å². The number of carbonyl (C=O) groups is 1. The molecule has 1 aromatic carbocycles. The van der Waals surface area contributed by atoms with Crippen molar-refractivity contribution < 1.29 is 18.7 Å². The number of aromatic nitrogens is 3. The van der Waals surface area contributed by atoms with Crippen LogP contribution in [0, 0.1) is 13.8 Å². The first-order chi connectivity index (χ1) is 16.0. The highest BCUT2D eigenvalue weighted by Gasteiger charge is 2.18. The molecule has 0 N–H and O–H groups in total. The molecule has 0 unspecified atom stereocenters. The summed E-state index contributed by atoms with van der Waals surface area (Å²) < 4.78 is 18.6. The first-order valence-electron chi connectivity index (χ1n) is 10.4. The number of carbonyl (C=O) groups excluding carboxylic acids is 1. The number of thioether (sulfide) groups is 1. The van der Waals surface area contributed by atoms with Crippen molar-refractivity contribution in [1.29, 1.82) is 0 Å². The smallest absolute Gasteiger partial charge is 0.277 e. The van der Waals surface area contributed by atoms with Crippen LogP contribution < -0.4 is 9.47 Å². The van der Waals surface area contributed by atoms with Crippen LogP contribution in [0.3, 0.4) is 0 Å². The lowest BCUT2D eigenvalue weighted by Gasteiger charge is -2.09. The zero-order chi connectivity index (χ0) is 23.4. The number of rotatable bonds is 10. The van der Waals surface area contributed by atoms with Gasteiger partial charge in [0.1, 0.15) is 11.5 Å². The van der Waals surface area contributed by atoms with E-state index in [1.807, 2.05) is 19.9 Å². The van der Waals surface area contributed by atoms with Crippen LogP contribution in [-0.4, -0.2) is 40.5 Å². The number of Topliss-reactive ketones (excluding diaryl/α,β-unsaturated/α-hetero) is 1. The molecule has 33 heavy (non-hydrogen) atoms. The molecule has 0 aliphatic carbocycles. The first-order valence-corrected chi connectivity index (χ1v) is 12.3. The topological polar surface area (TPSA) is 79.4 Å². The van der Waals surface area contributed by atoms with Gasteiger partial charge in [-0.1, -0.05) is 17.8 Å². The van der Waals surface area contributed by atoms with Gasteiger partial charge < -0.3 is 18.5 Å². The van der Waals surface area contributed by atoms with Crippen molar-refractivity contribution in [1.82, 2.24) is 14.8 Å². The average Bonchev–Trinajstić information content (AvgIpc) is 3.57. The molecule has 0 radical (unpaired) electrons. The van der Waals surface area contributed by atoms with E-state index in [0.717, 1.165) is 29.9 Å². The number of thiophene rings is 1. The number of ether oxygens (including phenoxy) is 2. The lowest BCUT2D eigenvalue weighted by atomic mass is 10.2. The van der Waals surface area contributed by atoms with E-state index in [1.165, 1.54) is 16.6 Å². The third-order valence-electron chi connectivity index (χ3n) is 5.37. The Morgan fingerprint density at radius 3 is 2.55 bits per heavy atom. The van der Waals surface area contributed by atoms with E-state index in [-0.39, 0.29) is 11.5 Å². The molecule has 0 saturated carbocycles. The van der Waals surface area contributed by atoms with Gasteiger partial charge in [0, 0.05) is 40.0 Å². The van der Waals surface area contributed by atoms with E-state index >= 15 is 0 Å². The molecule has 4 rings (SSSR count). The van der Waals surface area contributed by atoms with Gasteiger partial charge in [-0.3, -0.25) is 4.79 Å². The van der Waals surface area contributed by atoms with E-state index < -0.39 is 0 Å². The van der Waals surface area contributed by atoms with Crippen molar-refractivity contribution in [3.63, 3.8) is 0 Å². The number of nitrogens with zero attached hydrogens (tertiary/aromatic N) is 3. The summed E-state index contributed by atoms with van der Waals surface area (Å²) in [4.78, 5) is 14.3. The fourth-order valence-corrected chi connectivity index (χ4v) is 4.97. The van der Waals surface area contributed by atoms with Gasteiger partial charge in [-0.15, -0.1) is 21.5 Å². The predicted molar refractivity (Wildman–Crippen MR) is 130 cm³/mol. The molecule has 0 saturated heterocycles. The SMILES string of the molecule is COc1cc(OC)cc(-c2nnc(SCC(=O)c3cc(C)n(CCc4cccs4)c3C)o2)c1. The Balaban J connectivity index is 1.42. The molecular formula is C24H25N3O4S2. The van der Waals surface area contributed by atoms with Crippen LogP contribution >= 0.6 is 23.1 Å². The van der Waals surface area contributed by atoms with Gasteiger partial charge >= 0.3 is 0 Å². The van der Waals surface area contributed by atoms with Gasteiger partial charge in [-0.05, 0) is 49.9 Å². The molecule has 9 heteroatoms. The first kappa shape index (κ1) is 23.1. The number of hydrogen-bond acceptors (Lipinski definition) is 8. The quantitative estimate of drug-likeness (QED) is 0.219. The Morgan fingerprint density at radius 1 is 1.12 bits per heavy atom. The molecular weight excluding hydrogens is 458 g/mol. The summed E-state index contributed by atoms with van der Waals surface area (Å²) in [6.07, 6.45) is 0.955. The molecule has 172 valence electrons. The second kappa shape index (κ2) is 10.3. The number of benzene rings is 1. The standard InChI is InChI=1S/C24H25N3O4S2/c1-15-10-21(16(2)27(15)8-7-20-6-5-9-32-20)22(28)14-33-24-26-25-23(31-24)17-11-18(29-3)13-19(12-17)30-4/h5-6,9-13H,7-8,14H2,1-4H3. The summed E-state index contributed by atoms with van der Waals surface area (Å²) in [5, 5.41) is 10.6. The summed E-state index contributed by atoms with van der Waals surface area (Å²) >= 11 is 2.99. The minimum Gasteiger partial charge on any atom is -0.497 e. The third kappa shape index (κ3) is 5.31. The van der Waals surface area contributed by atoms with Crippen LogP contribution in [0.4, 0.5) is 0 Å². The minimum absolute atomic E-state index is 0.0401. The minimum atomic E-state index is 0.0401. The van der Waals surface area contributed by atoms with Crippen molar-refractivity contribution in [2.75, 3.05) is 20.0 Å². The molecule has 0 aliphatic heterocycles. The van der Waals surface area contributed by atoms with E-state index in [0.29, 0.717) is 28.2 Å². The van der Waals surface area contributed by atoms with Crippen LogP contribution in [0.15, 0.2) is 51.4 Å². The second-order valence-electron chi connectivity index (χ2n) is 7.45. The maximum Gasteiger partial charge on any atom is 0.277 e. The van der Waals surface area contributed by atoms with E-state index in [2.05, 4.69) is 32.3 Å². The molecule has 0 aliphatic rings. The number of hydrogen-bond donors (Lipinski definition) is 0. The maximum absolute atomic E-state index is 12.9. The van der Waals surface area contributed by atoms with Gasteiger partial charge in [-0.25, -0.2) is 0 Å². The van der Waals surface area contributed by atoms with Crippen molar-refractivity contribution in [2.45, 2.75) is 32.0 Å². The molecule has 3 aromatic heterocycles. The highest BCUT2D eigenvalue weighted by molar-refractivity contribution is 7.99. The fraction of sp³-hybridized carbons (Fsp3) is 0.292. The maximum atomic E-state index is 12.9. The zero-order valence-corrected chi connectivity index (χ0v) is 20.6. The predicted octanol–water partition coefficient (Wildman–Crippen LogP) is 5.45. The lowest BCUT2D eigenvalue weighted by Crippen LogP contribution is -2.08. The molecule has 7 nitrogen and oxygen atoms in total. The van der Waals surface area contributed by atoms with Crippen molar-refractivity contribution in [3.05, 3.63) is 63.6 Å². The summed E-state index contributed by atoms with van der Waals surface area (Å²) in [6, 6.07) is 11.5. The second-order valence-corrected chi connectivity index (χ2v) is 9.41. The van der Waals surface area contributed by atoms with Gasteiger partial charge in [0.05, 0.1) is 20.0 Å². The summed E-state index contributed by atoms with van der Waals surface area (Å²) in [5.41, 5.74) is 3.50. The van der Waals surface area contributed by atoms with Gasteiger partial charge in [0.25, 0.3) is 5.22 Å². The number of ketones is 1. The average molecular weight is 484 g/mol. The third-order valence-corrected chi connectivity index (χ3v) is 7.12. The fourth-order valence-electron chi connectivity index (χ4n) is 3.63. The normalized spacial score (nSPS) is 11.0. The summed E-state index contributed by atoms with van der Waals surface area (Å²) in [6.45, 7) is 4.90. The van der Waals surface area contributed by atoms with Crippen LogP contribution in [0.25, 0.3) is 11.5 Å². The van der Waals surface area contributed by atoms with Crippen molar-refractivity contribution in [3.8, 4) is 23.0 Å². The van der Waals surface area contributed by atoms with Crippen LogP contribution in [-0.2, 0) is 13.0 Å². The summed E-state index contributed by atoms with van der Waals surface area (Å²) in [7, 11) is 3.16. The Labute approximate surface area is 200 Å². The van der Waals surface area contributed by atoms with Gasteiger partial charge in [0.15, 0.2) is 5.78 Å². The Hall–Kier alpha value is -3.04. The van der Waals surface area contributed by atoms with Crippen molar-refractivity contribution >= 4 is 28.9 Å². The monoisotopic (exact) mass is 483 g/mol. The Morgan fingerprint density at radius 2 is 1.88 bits per heavy atom. The molecule has 0 spiro atoms. The van der Waals surface area contributed by atoms with E-state index in [9.17, 15) is 4.79 Å². The molecule has 0 bridgehead atoms. The number of methoxy groups -OCH3 is 2. The zero-order valence-electron chi connectivity index (χ0n) is 19.0. The van der Waals surface area contributed by atoms with Crippen LogP contribution in [0.5, 0.6) is 11.5 Å². The highest BCUT2D eigenvalue weighted by Crippen LogP contribution is 2.31. The van der Waals surface area contributed by atoms with Crippen molar-refractivity contribution in [2.24, 2.45) is 0 Å². The summed E-state index contributed by atoms with van der Waals surface area (Å²) in [5.74, 6) is 1.85. The highest BCUT2D eigenvalue weighted by atomic mass is 32.2. The Bertz CT molecular complexity index is 1220. The molecule has 0 fully saturated rings. The van der Waals surface area contributed by atoms with Gasteiger partial charge in [-0.2, -0.15) is 0 Å². The largest absolute Gasteiger partial charge is 0.497 e. The molecule has 4 aromatic rings. The molecule has 0 atom stereocenters. The van der Waals surface area contributed by atoms with E-state index in [1.54, 1.807) is 43.8 Å². The molecule has 3 heterocycles. The van der Waals surface area contributed by atoms with Crippen LogP contribution in [0.2, 0.25) is 0 Å².